The van der Waals surface area contributed by atoms with E-state index in [2.05, 4.69) is 4.90 Å². The lowest BCUT2D eigenvalue weighted by Crippen LogP contribution is -2.55. The monoisotopic (exact) mass is 378 g/mol. The van der Waals surface area contributed by atoms with Crippen LogP contribution < -0.4 is 10.6 Å². The molecule has 0 spiro atoms. The van der Waals surface area contributed by atoms with Crippen molar-refractivity contribution in [3.8, 4) is 0 Å². The number of amides is 2. The molecule has 2 amide bonds. The summed E-state index contributed by atoms with van der Waals surface area (Å²) in [5.74, 6) is 0.112. The van der Waals surface area contributed by atoms with Gasteiger partial charge in [0.25, 0.3) is 0 Å². The molecule has 2 atom stereocenters. The third-order valence-corrected chi connectivity index (χ3v) is 5.74. The predicted octanol–water partition coefficient (Wildman–Crippen LogP) is 1.64. The van der Waals surface area contributed by atoms with Crippen LogP contribution in [0, 0.1) is 0 Å². The molecule has 0 saturated carbocycles. The highest BCUT2D eigenvalue weighted by Crippen LogP contribution is 2.25. The van der Waals surface area contributed by atoms with Crippen molar-refractivity contribution >= 4 is 17.5 Å². The first-order chi connectivity index (χ1) is 13.6. The topological polar surface area (TPSA) is 69.9 Å². The van der Waals surface area contributed by atoms with Crippen molar-refractivity contribution in [3.63, 3.8) is 0 Å². The van der Waals surface area contributed by atoms with Crippen molar-refractivity contribution in [2.75, 3.05) is 37.6 Å². The second kappa shape index (κ2) is 8.12. The van der Waals surface area contributed by atoms with Crippen LogP contribution in [0.15, 0.2) is 60.7 Å². The maximum Gasteiger partial charge on any atom is 0.244 e. The zero-order valence-electron chi connectivity index (χ0n) is 15.9. The van der Waals surface area contributed by atoms with Crippen LogP contribution in [-0.2, 0) is 9.59 Å². The number of hydrogen-bond acceptors (Lipinski definition) is 4. The molecule has 2 heterocycles. The summed E-state index contributed by atoms with van der Waals surface area (Å²) < 4.78 is 0. The molecule has 2 unspecified atom stereocenters. The Kier molecular flexibility index (Phi) is 5.41. The number of carbonyl (C=O) groups is 2. The molecule has 0 aromatic heterocycles. The molecule has 2 fully saturated rings. The molecular weight excluding hydrogens is 352 g/mol. The summed E-state index contributed by atoms with van der Waals surface area (Å²) in [6.45, 7) is 3.35. The maximum absolute atomic E-state index is 12.9. The van der Waals surface area contributed by atoms with Gasteiger partial charge in [-0.05, 0) is 24.1 Å². The summed E-state index contributed by atoms with van der Waals surface area (Å²) in [5.41, 5.74) is 7.95. The van der Waals surface area contributed by atoms with Gasteiger partial charge in [-0.1, -0.05) is 48.5 Å². The van der Waals surface area contributed by atoms with Gasteiger partial charge in [0.05, 0.1) is 6.04 Å². The lowest BCUT2D eigenvalue weighted by molar-refractivity contribution is -0.135. The number of benzene rings is 2. The van der Waals surface area contributed by atoms with E-state index in [0.29, 0.717) is 26.2 Å². The van der Waals surface area contributed by atoms with Gasteiger partial charge in [-0.15, -0.1) is 0 Å². The van der Waals surface area contributed by atoms with Gasteiger partial charge in [-0.25, -0.2) is 0 Å². The Hall–Kier alpha value is -2.70. The molecule has 146 valence electrons. The van der Waals surface area contributed by atoms with Gasteiger partial charge in [0.15, 0.2) is 0 Å². The van der Waals surface area contributed by atoms with Crippen LogP contribution in [0.3, 0.4) is 0 Å². The average Bonchev–Trinajstić information content (AvgIpc) is 3.15. The van der Waals surface area contributed by atoms with Crippen molar-refractivity contribution in [2.24, 2.45) is 5.73 Å². The Labute approximate surface area is 165 Å². The van der Waals surface area contributed by atoms with Gasteiger partial charge in [0.2, 0.25) is 11.8 Å². The fourth-order valence-corrected chi connectivity index (χ4v) is 4.12. The standard InChI is InChI=1S/C22H26N4O2/c23-20(17-7-3-1-4-8-17)22(28)25-15-13-24(14-16-25)19-11-12-26(21(19)27)18-9-5-2-6-10-18/h1-10,19-20H,11-16,23H2. The molecular formula is C22H26N4O2. The van der Waals surface area contributed by atoms with Crippen LogP contribution in [0.5, 0.6) is 0 Å². The molecule has 2 aliphatic rings. The molecule has 6 heteroatoms. The lowest BCUT2D eigenvalue weighted by Gasteiger charge is -2.38. The smallest absolute Gasteiger partial charge is 0.244 e. The van der Waals surface area contributed by atoms with Crippen molar-refractivity contribution in [2.45, 2.75) is 18.5 Å². The van der Waals surface area contributed by atoms with Gasteiger partial charge < -0.3 is 15.5 Å². The molecule has 4 rings (SSSR count). The molecule has 6 nitrogen and oxygen atoms in total. The summed E-state index contributed by atoms with van der Waals surface area (Å²) in [5, 5.41) is 0. The van der Waals surface area contributed by atoms with Crippen molar-refractivity contribution < 1.29 is 9.59 Å². The van der Waals surface area contributed by atoms with E-state index in [1.165, 1.54) is 0 Å². The van der Waals surface area contributed by atoms with Crippen molar-refractivity contribution in [3.05, 3.63) is 66.2 Å². The third kappa shape index (κ3) is 3.66. The maximum atomic E-state index is 12.9. The second-order valence-corrected chi connectivity index (χ2v) is 7.38. The number of hydrogen-bond donors (Lipinski definition) is 1. The molecule has 0 bridgehead atoms. The van der Waals surface area contributed by atoms with Crippen LogP contribution in [-0.4, -0.2) is 60.4 Å². The number of piperazine rings is 1. The van der Waals surface area contributed by atoms with E-state index < -0.39 is 6.04 Å². The number of carbonyl (C=O) groups excluding carboxylic acids is 2. The minimum absolute atomic E-state index is 0.0467. The fraction of sp³-hybridized carbons (Fsp3) is 0.364. The molecule has 2 aliphatic heterocycles. The Morgan fingerprint density at radius 2 is 1.50 bits per heavy atom. The molecule has 2 saturated heterocycles. The summed E-state index contributed by atoms with van der Waals surface area (Å²) in [6.07, 6.45) is 0.825. The van der Waals surface area contributed by atoms with Crippen LogP contribution in [0.4, 0.5) is 5.69 Å². The van der Waals surface area contributed by atoms with Crippen LogP contribution >= 0.6 is 0 Å². The molecule has 2 aromatic rings. The van der Waals surface area contributed by atoms with E-state index in [9.17, 15) is 9.59 Å². The zero-order valence-corrected chi connectivity index (χ0v) is 15.9. The summed E-state index contributed by atoms with van der Waals surface area (Å²) in [4.78, 5) is 31.5. The number of anilines is 1. The minimum atomic E-state index is -0.630. The summed E-state index contributed by atoms with van der Waals surface area (Å²) >= 11 is 0. The van der Waals surface area contributed by atoms with Crippen LogP contribution in [0.1, 0.15) is 18.0 Å². The molecule has 2 aromatic carbocycles. The Bertz CT molecular complexity index is 819. The van der Waals surface area contributed by atoms with E-state index in [4.69, 9.17) is 5.73 Å². The van der Waals surface area contributed by atoms with Gasteiger partial charge in [-0.3, -0.25) is 14.5 Å². The second-order valence-electron chi connectivity index (χ2n) is 7.38. The van der Waals surface area contributed by atoms with Crippen LogP contribution in [0.2, 0.25) is 0 Å². The van der Waals surface area contributed by atoms with Crippen molar-refractivity contribution in [1.82, 2.24) is 9.80 Å². The largest absolute Gasteiger partial charge is 0.338 e. The highest BCUT2D eigenvalue weighted by atomic mass is 16.2. The first-order valence-corrected chi connectivity index (χ1v) is 9.85. The first-order valence-electron chi connectivity index (χ1n) is 9.85. The van der Waals surface area contributed by atoms with E-state index >= 15 is 0 Å². The Balaban J connectivity index is 1.34. The number of para-hydroxylation sites is 1. The van der Waals surface area contributed by atoms with E-state index in [1.54, 1.807) is 0 Å². The Morgan fingerprint density at radius 3 is 2.14 bits per heavy atom. The van der Waals surface area contributed by atoms with Gasteiger partial charge in [0, 0.05) is 38.4 Å². The van der Waals surface area contributed by atoms with Gasteiger partial charge in [0.1, 0.15) is 6.04 Å². The predicted molar refractivity (Wildman–Crippen MR) is 109 cm³/mol. The third-order valence-electron chi connectivity index (χ3n) is 5.74. The number of nitrogens with zero attached hydrogens (tertiary/aromatic N) is 3. The fourth-order valence-electron chi connectivity index (χ4n) is 4.12. The van der Waals surface area contributed by atoms with E-state index in [-0.39, 0.29) is 17.9 Å². The average molecular weight is 378 g/mol. The summed E-state index contributed by atoms with van der Waals surface area (Å²) in [6, 6.07) is 18.6. The molecule has 2 N–H and O–H groups in total. The quantitative estimate of drug-likeness (QED) is 0.878. The molecule has 0 aliphatic carbocycles. The first kappa shape index (κ1) is 18.7. The summed E-state index contributed by atoms with van der Waals surface area (Å²) in [7, 11) is 0. The SMILES string of the molecule is NC(C(=O)N1CCN(C2CCN(c3ccccc3)C2=O)CC1)c1ccccc1. The van der Waals surface area contributed by atoms with E-state index in [0.717, 1.165) is 24.2 Å². The van der Waals surface area contributed by atoms with Crippen LogP contribution in [0.25, 0.3) is 0 Å². The Morgan fingerprint density at radius 1 is 0.893 bits per heavy atom. The number of rotatable bonds is 4. The zero-order chi connectivity index (χ0) is 19.5. The minimum Gasteiger partial charge on any atom is -0.338 e. The number of nitrogens with two attached hydrogens (primary N) is 1. The normalized spacial score (nSPS) is 21.8. The van der Waals surface area contributed by atoms with E-state index in [1.807, 2.05) is 70.5 Å². The van der Waals surface area contributed by atoms with Gasteiger partial charge >= 0.3 is 0 Å². The molecule has 0 radical (unpaired) electrons. The highest BCUT2D eigenvalue weighted by molar-refractivity contribution is 5.99. The molecule has 28 heavy (non-hydrogen) atoms. The van der Waals surface area contributed by atoms with Gasteiger partial charge in [-0.2, -0.15) is 0 Å². The lowest BCUT2D eigenvalue weighted by atomic mass is 10.1. The van der Waals surface area contributed by atoms with Crippen molar-refractivity contribution in [1.29, 1.82) is 0 Å². The highest BCUT2D eigenvalue weighted by Gasteiger charge is 2.38.